The van der Waals surface area contributed by atoms with Gasteiger partial charge >= 0.3 is 6.09 Å². The number of rotatable bonds is 6. The fourth-order valence-electron chi connectivity index (χ4n) is 4.07. The predicted molar refractivity (Wildman–Crippen MR) is 120 cm³/mol. The van der Waals surface area contributed by atoms with E-state index in [0.29, 0.717) is 5.69 Å². The first-order chi connectivity index (χ1) is 14.5. The average Bonchev–Trinajstić information content (AvgIpc) is 2.76. The van der Waals surface area contributed by atoms with Crippen molar-refractivity contribution >= 4 is 23.4 Å². The van der Waals surface area contributed by atoms with Gasteiger partial charge in [0.15, 0.2) is 0 Å². The molecular formula is C24H31N3O3. The number of carbonyl (C=O) groups is 2. The maximum absolute atomic E-state index is 13.4. The van der Waals surface area contributed by atoms with Crippen LogP contribution in [0, 0.1) is 6.92 Å². The molecule has 30 heavy (non-hydrogen) atoms. The minimum Gasteiger partial charge on any atom is -0.453 e. The van der Waals surface area contributed by atoms with Crippen molar-refractivity contribution in [3.63, 3.8) is 0 Å². The molecule has 6 nitrogen and oxygen atoms in total. The molecule has 6 heteroatoms. The van der Waals surface area contributed by atoms with E-state index in [1.807, 2.05) is 61.3 Å². The second kappa shape index (κ2) is 10.1. The van der Waals surface area contributed by atoms with Crippen LogP contribution < -0.4 is 15.5 Å². The Balaban J connectivity index is 1.89. The van der Waals surface area contributed by atoms with Crippen molar-refractivity contribution in [2.75, 3.05) is 24.4 Å². The lowest BCUT2D eigenvalue weighted by atomic mass is 9.94. The molecule has 1 unspecified atom stereocenters. The molecule has 0 aliphatic heterocycles. The summed E-state index contributed by atoms with van der Waals surface area (Å²) in [4.78, 5) is 27.0. The molecule has 0 radical (unpaired) electrons. The van der Waals surface area contributed by atoms with Gasteiger partial charge in [-0.15, -0.1) is 0 Å². The largest absolute Gasteiger partial charge is 0.453 e. The number of benzene rings is 2. The highest BCUT2D eigenvalue weighted by molar-refractivity contribution is 5.88. The summed E-state index contributed by atoms with van der Waals surface area (Å²) < 4.78 is 4.68. The standard InChI is InChI=1S/C24H31N3O3/c1-17-10-7-8-15-21(17)22(23(28)25-18-11-5-4-6-12-18)27(2)20-14-9-13-19(16-20)26-24(29)30-3/h7-10,13-16,18,22H,4-6,11-12H2,1-3H3,(H,25,28)(H,26,29). The van der Waals surface area contributed by atoms with Crippen molar-refractivity contribution in [1.82, 2.24) is 5.32 Å². The summed E-state index contributed by atoms with van der Waals surface area (Å²) in [5, 5.41) is 5.96. The highest BCUT2D eigenvalue weighted by atomic mass is 16.5. The van der Waals surface area contributed by atoms with Crippen molar-refractivity contribution in [2.24, 2.45) is 0 Å². The Morgan fingerprint density at radius 3 is 2.50 bits per heavy atom. The fraction of sp³-hybridized carbons (Fsp3) is 0.417. The number of hydrogen-bond donors (Lipinski definition) is 2. The van der Waals surface area contributed by atoms with Crippen LogP contribution in [-0.2, 0) is 9.53 Å². The average molecular weight is 410 g/mol. The Morgan fingerprint density at radius 2 is 1.80 bits per heavy atom. The van der Waals surface area contributed by atoms with Gasteiger partial charge in [-0.05, 0) is 49.1 Å². The molecule has 1 aliphatic carbocycles. The van der Waals surface area contributed by atoms with Gasteiger partial charge in [-0.25, -0.2) is 4.79 Å². The number of nitrogens with one attached hydrogen (secondary N) is 2. The van der Waals surface area contributed by atoms with Crippen molar-refractivity contribution < 1.29 is 14.3 Å². The first-order valence-corrected chi connectivity index (χ1v) is 10.5. The molecule has 3 rings (SSSR count). The van der Waals surface area contributed by atoms with Crippen LogP contribution in [0.15, 0.2) is 48.5 Å². The summed E-state index contributed by atoms with van der Waals surface area (Å²) in [5.74, 6) is 0.00466. The van der Waals surface area contributed by atoms with Gasteiger partial charge in [-0.2, -0.15) is 0 Å². The van der Waals surface area contributed by atoms with Crippen LogP contribution in [-0.4, -0.2) is 32.2 Å². The quantitative estimate of drug-likeness (QED) is 0.719. The summed E-state index contributed by atoms with van der Waals surface area (Å²) in [6, 6.07) is 15.2. The first kappa shape index (κ1) is 21.7. The zero-order valence-electron chi connectivity index (χ0n) is 18.0. The van der Waals surface area contributed by atoms with Crippen LogP contribution >= 0.6 is 0 Å². The second-order valence-electron chi connectivity index (χ2n) is 7.88. The number of aryl methyl sites for hydroxylation is 1. The smallest absolute Gasteiger partial charge is 0.411 e. The fourth-order valence-corrected chi connectivity index (χ4v) is 4.07. The van der Waals surface area contributed by atoms with Gasteiger partial charge in [0, 0.05) is 24.5 Å². The van der Waals surface area contributed by atoms with Crippen LogP contribution in [0.1, 0.15) is 49.3 Å². The summed E-state index contributed by atoms with van der Waals surface area (Å²) >= 11 is 0. The van der Waals surface area contributed by atoms with Gasteiger partial charge in [0.25, 0.3) is 0 Å². The number of anilines is 2. The van der Waals surface area contributed by atoms with E-state index in [4.69, 9.17) is 0 Å². The SMILES string of the molecule is COC(=O)Nc1cccc(N(C)C(C(=O)NC2CCCCC2)c2ccccc2C)c1. The van der Waals surface area contributed by atoms with E-state index in [1.165, 1.54) is 13.5 Å². The highest BCUT2D eigenvalue weighted by Gasteiger charge is 2.29. The van der Waals surface area contributed by atoms with Gasteiger partial charge in [-0.1, -0.05) is 49.6 Å². The second-order valence-corrected chi connectivity index (χ2v) is 7.88. The van der Waals surface area contributed by atoms with Crippen LogP contribution in [0.2, 0.25) is 0 Å². The number of ether oxygens (including phenoxy) is 1. The van der Waals surface area contributed by atoms with Gasteiger partial charge in [0.2, 0.25) is 5.91 Å². The van der Waals surface area contributed by atoms with Crippen molar-refractivity contribution in [2.45, 2.75) is 51.1 Å². The monoisotopic (exact) mass is 409 g/mol. The maximum Gasteiger partial charge on any atom is 0.411 e. The third kappa shape index (κ3) is 5.32. The van der Waals surface area contributed by atoms with E-state index in [0.717, 1.165) is 42.5 Å². The molecule has 160 valence electrons. The summed E-state index contributed by atoms with van der Waals surface area (Å²) in [6.45, 7) is 2.03. The number of amides is 2. The number of methoxy groups -OCH3 is 1. The lowest BCUT2D eigenvalue weighted by molar-refractivity contribution is -0.123. The number of likely N-dealkylation sites (N-methyl/N-ethyl adjacent to an activating group) is 1. The summed E-state index contributed by atoms with van der Waals surface area (Å²) in [5.41, 5.74) is 3.48. The van der Waals surface area contributed by atoms with E-state index in [2.05, 4.69) is 15.4 Å². The van der Waals surface area contributed by atoms with E-state index in [-0.39, 0.29) is 11.9 Å². The first-order valence-electron chi connectivity index (χ1n) is 10.5. The number of nitrogens with zero attached hydrogens (tertiary/aromatic N) is 1. The summed E-state index contributed by atoms with van der Waals surface area (Å²) in [7, 11) is 3.24. The van der Waals surface area contributed by atoms with Gasteiger partial charge in [0.1, 0.15) is 6.04 Å². The van der Waals surface area contributed by atoms with E-state index in [9.17, 15) is 9.59 Å². The Morgan fingerprint density at radius 1 is 1.07 bits per heavy atom. The van der Waals surface area contributed by atoms with Gasteiger partial charge < -0.3 is 15.0 Å². The Kier molecular flexibility index (Phi) is 7.33. The zero-order valence-corrected chi connectivity index (χ0v) is 18.0. The number of carbonyl (C=O) groups excluding carboxylic acids is 2. The summed E-state index contributed by atoms with van der Waals surface area (Å²) in [6.07, 6.45) is 5.12. The molecule has 0 heterocycles. The molecule has 1 aliphatic rings. The van der Waals surface area contributed by atoms with Gasteiger partial charge in [-0.3, -0.25) is 10.1 Å². The minimum absolute atomic E-state index is 0.00466. The molecule has 0 bridgehead atoms. The predicted octanol–water partition coefficient (Wildman–Crippen LogP) is 4.80. The van der Waals surface area contributed by atoms with Crippen LogP contribution in [0.25, 0.3) is 0 Å². The maximum atomic E-state index is 13.4. The van der Waals surface area contributed by atoms with Crippen LogP contribution in [0.4, 0.5) is 16.2 Å². The molecule has 1 saturated carbocycles. The van der Waals surface area contributed by atoms with Crippen molar-refractivity contribution in [1.29, 1.82) is 0 Å². The highest BCUT2D eigenvalue weighted by Crippen LogP contribution is 2.30. The molecule has 2 N–H and O–H groups in total. The van der Waals surface area contributed by atoms with E-state index in [1.54, 1.807) is 6.07 Å². The Bertz CT molecular complexity index is 878. The zero-order chi connectivity index (χ0) is 21.5. The Hall–Kier alpha value is -3.02. The lowest BCUT2D eigenvalue weighted by Gasteiger charge is -2.33. The van der Waals surface area contributed by atoms with Crippen LogP contribution in [0.3, 0.4) is 0 Å². The van der Waals surface area contributed by atoms with Crippen molar-refractivity contribution in [3.8, 4) is 0 Å². The topological polar surface area (TPSA) is 70.7 Å². The third-order valence-corrected chi connectivity index (χ3v) is 5.76. The van der Waals surface area contributed by atoms with E-state index < -0.39 is 12.1 Å². The molecule has 2 aromatic rings. The molecule has 1 fully saturated rings. The van der Waals surface area contributed by atoms with Gasteiger partial charge in [0.05, 0.1) is 7.11 Å². The van der Waals surface area contributed by atoms with E-state index >= 15 is 0 Å². The third-order valence-electron chi connectivity index (χ3n) is 5.76. The molecule has 2 amide bonds. The molecule has 0 saturated heterocycles. The molecule has 1 atom stereocenters. The minimum atomic E-state index is -0.528. The lowest BCUT2D eigenvalue weighted by Crippen LogP contribution is -2.44. The molecule has 2 aromatic carbocycles. The molecule has 0 spiro atoms. The molecule has 0 aromatic heterocycles. The van der Waals surface area contributed by atoms with Crippen molar-refractivity contribution in [3.05, 3.63) is 59.7 Å². The van der Waals surface area contributed by atoms with Crippen LogP contribution in [0.5, 0.6) is 0 Å². The number of hydrogen-bond acceptors (Lipinski definition) is 4. The Labute approximate surface area is 178 Å². The molecular weight excluding hydrogens is 378 g/mol. The normalized spacial score (nSPS) is 15.2.